The van der Waals surface area contributed by atoms with E-state index in [0.717, 1.165) is 24.2 Å². The van der Waals surface area contributed by atoms with Crippen LogP contribution in [-0.4, -0.2) is 17.2 Å². The molecule has 3 rings (SSSR count). The van der Waals surface area contributed by atoms with Gasteiger partial charge in [-0.05, 0) is 37.1 Å². The smallest absolute Gasteiger partial charge is 0.0481 e. The van der Waals surface area contributed by atoms with Crippen LogP contribution in [-0.2, 0) is 6.54 Å². The van der Waals surface area contributed by atoms with Crippen molar-refractivity contribution in [1.29, 1.82) is 0 Å². The summed E-state index contributed by atoms with van der Waals surface area (Å²) in [4.78, 5) is 0. The van der Waals surface area contributed by atoms with E-state index in [1.807, 2.05) is 12.1 Å². The second kappa shape index (κ2) is 5.33. The third-order valence-corrected chi connectivity index (χ3v) is 4.11. The molecule has 0 amide bonds. The lowest BCUT2D eigenvalue weighted by Gasteiger charge is -2.12. The van der Waals surface area contributed by atoms with Gasteiger partial charge in [-0.2, -0.15) is 0 Å². The topological polar surface area (TPSA) is 17.0 Å². The Kier molecular flexibility index (Phi) is 3.57. The number of aromatic nitrogens is 1. The van der Waals surface area contributed by atoms with Crippen LogP contribution in [0.2, 0.25) is 5.02 Å². The highest BCUT2D eigenvalue weighted by Gasteiger charge is 2.13. The minimum absolute atomic E-state index is 0.751. The average molecular weight is 263 g/mol. The summed E-state index contributed by atoms with van der Waals surface area (Å²) in [6.07, 6.45) is 7.63. The Morgan fingerprint density at radius 3 is 2.89 bits per heavy atom. The molecule has 3 heteroatoms. The third-order valence-electron chi connectivity index (χ3n) is 3.87. The summed E-state index contributed by atoms with van der Waals surface area (Å²) >= 11 is 6.00. The molecule has 96 valence electrons. The number of nitrogens with one attached hydrogen (secondary N) is 1. The third kappa shape index (κ3) is 2.55. The molecule has 1 aromatic heterocycles. The summed E-state index contributed by atoms with van der Waals surface area (Å²) in [5.74, 6) is 0. The van der Waals surface area contributed by atoms with Crippen molar-refractivity contribution < 1.29 is 0 Å². The lowest BCUT2D eigenvalue weighted by atomic mass is 10.2. The van der Waals surface area contributed by atoms with E-state index in [1.54, 1.807) is 0 Å². The molecule has 18 heavy (non-hydrogen) atoms. The fourth-order valence-electron chi connectivity index (χ4n) is 2.89. The Balaban J connectivity index is 1.63. The molecule has 1 aliphatic rings. The Hall–Kier alpha value is -0.990. The van der Waals surface area contributed by atoms with Crippen molar-refractivity contribution in [2.24, 2.45) is 0 Å². The van der Waals surface area contributed by atoms with Crippen molar-refractivity contribution in [3.05, 3.63) is 35.5 Å². The summed E-state index contributed by atoms with van der Waals surface area (Å²) in [6, 6.07) is 8.98. The van der Waals surface area contributed by atoms with Crippen LogP contribution in [0.3, 0.4) is 0 Å². The zero-order valence-electron chi connectivity index (χ0n) is 10.5. The van der Waals surface area contributed by atoms with E-state index in [4.69, 9.17) is 11.6 Å². The first-order chi connectivity index (χ1) is 8.83. The molecule has 0 unspecified atom stereocenters. The standard InChI is InChI=1S/C15H19ClN2/c16-13-5-6-15-12(11-13)7-9-18(15)10-8-17-14-3-1-2-4-14/h5-7,9,11,14,17H,1-4,8,10H2. The zero-order chi connectivity index (χ0) is 12.4. The Labute approximate surface area is 113 Å². The molecule has 0 saturated heterocycles. The molecule has 1 aromatic carbocycles. The molecule has 2 nitrogen and oxygen atoms in total. The lowest BCUT2D eigenvalue weighted by Crippen LogP contribution is -2.29. The van der Waals surface area contributed by atoms with Crippen LogP contribution in [0.15, 0.2) is 30.5 Å². The maximum atomic E-state index is 6.00. The minimum Gasteiger partial charge on any atom is -0.346 e. The van der Waals surface area contributed by atoms with Gasteiger partial charge in [0.15, 0.2) is 0 Å². The van der Waals surface area contributed by atoms with Gasteiger partial charge in [0.1, 0.15) is 0 Å². The van der Waals surface area contributed by atoms with Crippen LogP contribution >= 0.6 is 11.6 Å². The Morgan fingerprint density at radius 1 is 1.22 bits per heavy atom. The molecule has 1 aliphatic carbocycles. The fourth-order valence-corrected chi connectivity index (χ4v) is 3.07. The monoisotopic (exact) mass is 262 g/mol. The molecule has 1 saturated carbocycles. The van der Waals surface area contributed by atoms with Crippen LogP contribution in [0.4, 0.5) is 0 Å². The number of halogens is 1. The van der Waals surface area contributed by atoms with E-state index in [2.05, 4.69) is 28.2 Å². The number of fused-ring (bicyclic) bond motifs is 1. The molecule has 0 atom stereocenters. The van der Waals surface area contributed by atoms with Gasteiger partial charge in [0.2, 0.25) is 0 Å². The van der Waals surface area contributed by atoms with E-state index in [0.29, 0.717) is 0 Å². The van der Waals surface area contributed by atoms with Gasteiger partial charge in [-0.3, -0.25) is 0 Å². The van der Waals surface area contributed by atoms with Crippen molar-refractivity contribution in [1.82, 2.24) is 9.88 Å². The van der Waals surface area contributed by atoms with Crippen LogP contribution in [0.1, 0.15) is 25.7 Å². The second-order valence-corrected chi connectivity index (χ2v) is 5.58. The first-order valence-electron chi connectivity index (χ1n) is 6.81. The second-order valence-electron chi connectivity index (χ2n) is 5.15. The van der Waals surface area contributed by atoms with E-state index >= 15 is 0 Å². The van der Waals surface area contributed by atoms with E-state index in [9.17, 15) is 0 Å². The van der Waals surface area contributed by atoms with Crippen LogP contribution in [0.5, 0.6) is 0 Å². The molecule has 0 aliphatic heterocycles. The normalized spacial score (nSPS) is 16.7. The van der Waals surface area contributed by atoms with Crippen molar-refractivity contribution in [2.45, 2.75) is 38.3 Å². The Bertz CT molecular complexity index is 526. The van der Waals surface area contributed by atoms with Gasteiger partial charge in [0, 0.05) is 41.3 Å². The SMILES string of the molecule is Clc1ccc2c(ccn2CCNC2CCCC2)c1. The largest absolute Gasteiger partial charge is 0.346 e. The highest BCUT2D eigenvalue weighted by atomic mass is 35.5. The molecule has 1 fully saturated rings. The van der Waals surface area contributed by atoms with Crippen LogP contribution in [0, 0.1) is 0 Å². The molecule has 0 radical (unpaired) electrons. The first kappa shape index (κ1) is 12.1. The van der Waals surface area contributed by atoms with Gasteiger partial charge in [-0.1, -0.05) is 24.4 Å². The maximum Gasteiger partial charge on any atom is 0.0481 e. The number of hydrogen-bond donors (Lipinski definition) is 1. The van der Waals surface area contributed by atoms with Gasteiger partial charge in [0.05, 0.1) is 0 Å². The molecule has 0 bridgehead atoms. The number of benzene rings is 1. The number of nitrogens with zero attached hydrogens (tertiary/aromatic N) is 1. The predicted molar refractivity (Wildman–Crippen MR) is 77.2 cm³/mol. The van der Waals surface area contributed by atoms with Gasteiger partial charge >= 0.3 is 0 Å². The van der Waals surface area contributed by atoms with Crippen LogP contribution in [0.25, 0.3) is 10.9 Å². The maximum absolute atomic E-state index is 6.00. The summed E-state index contributed by atoms with van der Waals surface area (Å²) < 4.78 is 2.30. The summed E-state index contributed by atoms with van der Waals surface area (Å²) in [7, 11) is 0. The summed E-state index contributed by atoms with van der Waals surface area (Å²) in [6.45, 7) is 2.08. The van der Waals surface area contributed by atoms with E-state index < -0.39 is 0 Å². The highest BCUT2D eigenvalue weighted by molar-refractivity contribution is 6.31. The molecule has 1 N–H and O–H groups in total. The van der Waals surface area contributed by atoms with Crippen LogP contribution < -0.4 is 5.32 Å². The molecular weight excluding hydrogens is 244 g/mol. The van der Waals surface area contributed by atoms with Gasteiger partial charge in [-0.15, -0.1) is 0 Å². The zero-order valence-corrected chi connectivity index (χ0v) is 11.3. The summed E-state index contributed by atoms with van der Waals surface area (Å²) in [5, 5.41) is 5.68. The fraction of sp³-hybridized carbons (Fsp3) is 0.467. The average Bonchev–Trinajstić information content (AvgIpc) is 2.99. The highest BCUT2D eigenvalue weighted by Crippen LogP contribution is 2.20. The van der Waals surface area contributed by atoms with E-state index in [-0.39, 0.29) is 0 Å². The van der Waals surface area contributed by atoms with Crippen molar-refractivity contribution in [3.63, 3.8) is 0 Å². The van der Waals surface area contributed by atoms with E-state index in [1.165, 1.54) is 36.6 Å². The van der Waals surface area contributed by atoms with Crippen molar-refractivity contribution in [3.8, 4) is 0 Å². The van der Waals surface area contributed by atoms with Gasteiger partial charge < -0.3 is 9.88 Å². The molecule has 0 spiro atoms. The number of hydrogen-bond acceptors (Lipinski definition) is 1. The predicted octanol–water partition coefficient (Wildman–Crippen LogP) is 3.83. The van der Waals surface area contributed by atoms with Gasteiger partial charge in [-0.25, -0.2) is 0 Å². The minimum atomic E-state index is 0.751. The van der Waals surface area contributed by atoms with Crippen molar-refractivity contribution in [2.75, 3.05) is 6.54 Å². The quantitative estimate of drug-likeness (QED) is 0.886. The Morgan fingerprint density at radius 2 is 2.06 bits per heavy atom. The lowest BCUT2D eigenvalue weighted by molar-refractivity contribution is 0.501. The number of rotatable bonds is 4. The van der Waals surface area contributed by atoms with Gasteiger partial charge in [0.25, 0.3) is 0 Å². The molecule has 1 heterocycles. The molecule has 2 aromatic rings. The first-order valence-corrected chi connectivity index (χ1v) is 7.18. The summed E-state index contributed by atoms with van der Waals surface area (Å²) in [5.41, 5.74) is 1.27. The van der Waals surface area contributed by atoms with Crippen molar-refractivity contribution >= 4 is 22.5 Å². The molecular formula is C15H19ClN2.